The van der Waals surface area contributed by atoms with Crippen molar-refractivity contribution in [3.8, 4) is 0 Å². The predicted octanol–water partition coefficient (Wildman–Crippen LogP) is 1.30. The number of rotatable bonds is 2. The molecule has 4 heteroatoms. The Labute approximate surface area is 108 Å². The average molecular weight is 245 g/mol. The van der Waals surface area contributed by atoms with E-state index in [0.29, 0.717) is 12.1 Å². The van der Waals surface area contributed by atoms with E-state index in [1.54, 1.807) is 18.5 Å². The van der Waals surface area contributed by atoms with Crippen LogP contribution in [0.2, 0.25) is 0 Å². The quantitative estimate of drug-likeness (QED) is 0.799. The summed E-state index contributed by atoms with van der Waals surface area (Å²) in [6, 6.07) is 4.49. The fraction of sp³-hybridized carbons (Fsp3) is 0.429. The number of hydrogen-bond acceptors (Lipinski definition) is 3. The first-order chi connectivity index (χ1) is 8.65. The molecule has 0 aromatic carbocycles. The Kier molecular flexibility index (Phi) is 4.10. The molecule has 1 aromatic heterocycles. The van der Waals surface area contributed by atoms with Gasteiger partial charge in [-0.1, -0.05) is 6.07 Å². The summed E-state index contributed by atoms with van der Waals surface area (Å²) in [4.78, 5) is 18.0. The number of carbonyl (C=O) groups excluding carboxylic acids is 1. The maximum absolute atomic E-state index is 12.1. The second-order valence-electron chi connectivity index (χ2n) is 4.83. The molecule has 1 amide bonds. The van der Waals surface area contributed by atoms with Crippen LogP contribution in [0.5, 0.6) is 0 Å². The standard InChI is InChI=1S/C14H19N3O/c1-11-9-17(10-12(2)16-11)14(18)6-5-13-4-3-7-15-8-13/h3-8,11-12,16H,9-10H2,1-2H3/b6-5+. The Balaban J connectivity index is 1.97. The van der Waals surface area contributed by atoms with Crippen LogP contribution in [0.4, 0.5) is 0 Å². The third kappa shape index (κ3) is 3.40. The number of hydrogen-bond donors (Lipinski definition) is 1. The smallest absolute Gasteiger partial charge is 0.246 e. The van der Waals surface area contributed by atoms with E-state index in [4.69, 9.17) is 0 Å². The molecule has 1 aliphatic rings. The minimum atomic E-state index is 0.0686. The Bertz CT molecular complexity index is 420. The van der Waals surface area contributed by atoms with E-state index in [1.807, 2.05) is 23.1 Å². The van der Waals surface area contributed by atoms with Gasteiger partial charge < -0.3 is 10.2 Å². The van der Waals surface area contributed by atoms with E-state index in [-0.39, 0.29) is 5.91 Å². The third-order valence-corrected chi connectivity index (χ3v) is 2.97. The third-order valence-electron chi connectivity index (χ3n) is 2.97. The molecule has 2 rings (SSSR count). The lowest BCUT2D eigenvalue weighted by molar-refractivity contribution is -0.127. The summed E-state index contributed by atoms with van der Waals surface area (Å²) in [5, 5.41) is 3.41. The normalized spacial score (nSPS) is 24.4. The second-order valence-corrected chi connectivity index (χ2v) is 4.83. The number of carbonyl (C=O) groups is 1. The molecule has 1 N–H and O–H groups in total. The minimum Gasteiger partial charge on any atom is -0.336 e. The van der Waals surface area contributed by atoms with Gasteiger partial charge in [-0.15, -0.1) is 0 Å². The lowest BCUT2D eigenvalue weighted by Crippen LogP contribution is -2.55. The van der Waals surface area contributed by atoms with Gasteiger partial charge in [-0.3, -0.25) is 9.78 Å². The molecule has 0 radical (unpaired) electrons. The highest BCUT2D eigenvalue weighted by molar-refractivity contribution is 5.91. The van der Waals surface area contributed by atoms with Crippen molar-refractivity contribution in [2.24, 2.45) is 0 Å². The Morgan fingerprint density at radius 3 is 2.78 bits per heavy atom. The maximum Gasteiger partial charge on any atom is 0.246 e. The van der Waals surface area contributed by atoms with Crippen molar-refractivity contribution < 1.29 is 4.79 Å². The minimum absolute atomic E-state index is 0.0686. The van der Waals surface area contributed by atoms with Gasteiger partial charge in [0.1, 0.15) is 0 Å². The zero-order chi connectivity index (χ0) is 13.0. The van der Waals surface area contributed by atoms with Crippen LogP contribution in [-0.2, 0) is 4.79 Å². The number of pyridine rings is 1. The lowest BCUT2D eigenvalue weighted by atomic mass is 10.1. The molecule has 2 heterocycles. The molecule has 0 bridgehead atoms. The molecule has 2 unspecified atom stereocenters. The van der Waals surface area contributed by atoms with Crippen molar-refractivity contribution in [3.05, 3.63) is 36.2 Å². The summed E-state index contributed by atoms with van der Waals surface area (Å²) in [7, 11) is 0. The number of nitrogens with zero attached hydrogens (tertiary/aromatic N) is 2. The number of nitrogens with one attached hydrogen (secondary N) is 1. The summed E-state index contributed by atoms with van der Waals surface area (Å²) >= 11 is 0. The van der Waals surface area contributed by atoms with Gasteiger partial charge in [0.15, 0.2) is 0 Å². The summed E-state index contributed by atoms with van der Waals surface area (Å²) in [5.74, 6) is 0.0686. The Morgan fingerprint density at radius 1 is 1.44 bits per heavy atom. The van der Waals surface area contributed by atoms with Crippen molar-refractivity contribution in [2.45, 2.75) is 25.9 Å². The highest BCUT2D eigenvalue weighted by Crippen LogP contribution is 2.06. The molecule has 4 nitrogen and oxygen atoms in total. The largest absolute Gasteiger partial charge is 0.336 e. The molecular formula is C14H19N3O. The lowest BCUT2D eigenvalue weighted by Gasteiger charge is -2.35. The van der Waals surface area contributed by atoms with Gasteiger partial charge in [0.2, 0.25) is 5.91 Å². The zero-order valence-electron chi connectivity index (χ0n) is 10.8. The van der Waals surface area contributed by atoms with Gasteiger partial charge in [0.25, 0.3) is 0 Å². The van der Waals surface area contributed by atoms with Crippen LogP contribution in [0, 0.1) is 0 Å². The SMILES string of the molecule is CC1CN(C(=O)/C=C/c2cccnc2)CC(C)N1. The first-order valence-electron chi connectivity index (χ1n) is 6.28. The van der Waals surface area contributed by atoms with Crippen molar-refractivity contribution in [3.63, 3.8) is 0 Å². The molecule has 1 aliphatic heterocycles. The van der Waals surface area contributed by atoms with Crippen molar-refractivity contribution in [1.82, 2.24) is 15.2 Å². The van der Waals surface area contributed by atoms with E-state index in [0.717, 1.165) is 18.7 Å². The fourth-order valence-corrected chi connectivity index (χ4v) is 2.25. The molecular weight excluding hydrogens is 226 g/mol. The van der Waals surface area contributed by atoms with Crippen molar-refractivity contribution >= 4 is 12.0 Å². The van der Waals surface area contributed by atoms with Crippen LogP contribution >= 0.6 is 0 Å². The molecule has 0 saturated carbocycles. The van der Waals surface area contributed by atoms with Crippen LogP contribution in [0.1, 0.15) is 19.4 Å². The summed E-state index contributed by atoms with van der Waals surface area (Å²) in [6.45, 7) is 5.72. The molecule has 0 spiro atoms. The topological polar surface area (TPSA) is 45.2 Å². The van der Waals surface area contributed by atoms with Crippen LogP contribution in [0.15, 0.2) is 30.6 Å². The number of piperazine rings is 1. The van der Waals surface area contributed by atoms with Gasteiger partial charge in [-0.25, -0.2) is 0 Å². The van der Waals surface area contributed by atoms with Gasteiger partial charge in [-0.05, 0) is 31.6 Å². The molecule has 2 atom stereocenters. The van der Waals surface area contributed by atoms with Gasteiger partial charge in [-0.2, -0.15) is 0 Å². The molecule has 96 valence electrons. The number of amides is 1. The Morgan fingerprint density at radius 2 is 2.17 bits per heavy atom. The summed E-state index contributed by atoms with van der Waals surface area (Å²) < 4.78 is 0. The molecule has 18 heavy (non-hydrogen) atoms. The van der Waals surface area contributed by atoms with Crippen LogP contribution in [0.3, 0.4) is 0 Å². The molecule has 1 saturated heterocycles. The van der Waals surface area contributed by atoms with E-state index in [2.05, 4.69) is 24.1 Å². The first-order valence-corrected chi connectivity index (χ1v) is 6.28. The van der Waals surface area contributed by atoms with Gasteiger partial charge in [0.05, 0.1) is 0 Å². The highest BCUT2D eigenvalue weighted by Gasteiger charge is 2.23. The predicted molar refractivity (Wildman–Crippen MR) is 71.9 cm³/mol. The van der Waals surface area contributed by atoms with E-state index >= 15 is 0 Å². The molecule has 0 aliphatic carbocycles. The zero-order valence-corrected chi connectivity index (χ0v) is 10.8. The van der Waals surface area contributed by atoms with Gasteiger partial charge >= 0.3 is 0 Å². The highest BCUT2D eigenvalue weighted by atomic mass is 16.2. The van der Waals surface area contributed by atoms with Crippen LogP contribution < -0.4 is 5.32 Å². The van der Waals surface area contributed by atoms with E-state index < -0.39 is 0 Å². The Hall–Kier alpha value is -1.68. The van der Waals surface area contributed by atoms with Crippen LogP contribution in [-0.4, -0.2) is 41.0 Å². The van der Waals surface area contributed by atoms with Crippen molar-refractivity contribution in [2.75, 3.05) is 13.1 Å². The monoisotopic (exact) mass is 245 g/mol. The summed E-state index contributed by atoms with van der Waals surface area (Å²) in [5.41, 5.74) is 0.946. The summed E-state index contributed by atoms with van der Waals surface area (Å²) in [6.07, 6.45) is 6.90. The van der Waals surface area contributed by atoms with E-state index in [1.165, 1.54) is 0 Å². The maximum atomic E-state index is 12.1. The van der Waals surface area contributed by atoms with Crippen LogP contribution in [0.25, 0.3) is 6.08 Å². The average Bonchev–Trinajstić information content (AvgIpc) is 2.36. The molecule has 1 aromatic rings. The fourth-order valence-electron chi connectivity index (χ4n) is 2.25. The van der Waals surface area contributed by atoms with Crippen molar-refractivity contribution in [1.29, 1.82) is 0 Å². The molecule has 1 fully saturated rings. The van der Waals surface area contributed by atoms with E-state index in [9.17, 15) is 4.79 Å². The second kappa shape index (κ2) is 5.78. The number of aromatic nitrogens is 1. The van der Waals surface area contributed by atoms with Gasteiger partial charge in [0, 0.05) is 43.6 Å². The first kappa shape index (κ1) is 12.8.